The normalized spacial score (nSPS) is 12.5. The maximum absolute atomic E-state index is 12.2. The number of aromatic nitrogens is 2. The molecule has 0 bridgehead atoms. The molecule has 1 aromatic heterocycles. The smallest absolute Gasteiger partial charge is 0.233 e. The van der Waals surface area contributed by atoms with Crippen molar-refractivity contribution in [2.75, 3.05) is 34.0 Å². The minimum atomic E-state index is -0.217. The molecule has 1 amide bonds. The number of para-hydroxylation sites is 2. The van der Waals surface area contributed by atoms with Crippen LogP contribution in [-0.4, -0.2) is 54.7 Å². The highest BCUT2D eigenvalue weighted by Gasteiger charge is 2.19. The fourth-order valence-corrected chi connectivity index (χ4v) is 3.30. The summed E-state index contributed by atoms with van der Waals surface area (Å²) in [5.74, 6) is 0.0152. The van der Waals surface area contributed by atoms with E-state index in [1.165, 1.54) is 11.8 Å². The molecule has 1 N–H and O–H groups in total. The minimum absolute atomic E-state index is 0.0152. The maximum atomic E-state index is 12.2. The fraction of sp³-hybridized carbons (Fsp3) is 0.529. The Morgan fingerprint density at radius 2 is 2.04 bits per heavy atom. The maximum Gasteiger partial charge on any atom is 0.233 e. The lowest BCUT2D eigenvalue weighted by molar-refractivity contribution is -0.120. The number of hydrogen-bond acceptors (Lipinski definition) is 5. The molecule has 7 heteroatoms. The van der Waals surface area contributed by atoms with Gasteiger partial charge in [0.05, 0.1) is 22.9 Å². The van der Waals surface area contributed by atoms with Gasteiger partial charge in [-0.1, -0.05) is 23.9 Å². The quantitative estimate of drug-likeness (QED) is 0.526. The van der Waals surface area contributed by atoms with Gasteiger partial charge in [0.15, 0.2) is 5.16 Å². The van der Waals surface area contributed by atoms with Crippen molar-refractivity contribution in [3.63, 3.8) is 0 Å². The zero-order chi connectivity index (χ0) is 17.4. The third-order valence-corrected chi connectivity index (χ3v) is 4.70. The van der Waals surface area contributed by atoms with E-state index in [4.69, 9.17) is 9.47 Å². The second-order valence-corrected chi connectivity index (χ2v) is 6.73. The SMILES string of the molecule is COCCCNC(=O)C(C)Sc1nc2ccccc2n1CCOC. The highest BCUT2D eigenvalue weighted by Crippen LogP contribution is 2.27. The van der Waals surface area contributed by atoms with Gasteiger partial charge in [0.1, 0.15) is 0 Å². The number of benzene rings is 1. The molecule has 1 unspecified atom stereocenters. The van der Waals surface area contributed by atoms with Crippen LogP contribution in [0, 0.1) is 0 Å². The Morgan fingerprint density at radius 3 is 2.79 bits per heavy atom. The molecule has 0 aliphatic rings. The lowest BCUT2D eigenvalue weighted by Crippen LogP contribution is -2.32. The van der Waals surface area contributed by atoms with E-state index in [-0.39, 0.29) is 11.2 Å². The van der Waals surface area contributed by atoms with Crippen LogP contribution in [0.25, 0.3) is 11.0 Å². The number of carbonyl (C=O) groups excluding carboxylic acids is 1. The number of rotatable bonds is 10. The monoisotopic (exact) mass is 351 g/mol. The topological polar surface area (TPSA) is 65.4 Å². The Hall–Kier alpha value is -1.57. The molecule has 132 valence electrons. The van der Waals surface area contributed by atoms with Gasteiger partial charge in [-0.2, -0.15) is 0 Å². The molecule has 0 radical (unpaired) electrons. The first-order valence-corrected chi connectivity index (χ1v) is 8.93. The first-order valence-electron chi connectivity index (χ1n) is 8.05. The number of amides is 1. The molecule has 0 fully saturated rings. The van der Waals surface area contributed by atoms with Gasteiger partial charge in [-0.05, 0) is 25.5 Å². The van der Waals surface area contributed by atoms with Crippen molar-refractivity contribution >= 4 is 28.7 Å². The van der Waals surface area contributed by atoms with E-state index in [9.17, 15) is 4.79 Å². The van der Waals surface area contributed by atoms with Crippen molar-refractivity contribution in [3.8, 4) is 0 Å². The zero-order valence-electron chi connectivity index (χ0n) is 14.4. The Balaban J connectivity index is 2.06. The predicted molar refractivity (Wildman–Crippen MR) is 96.4 cm³/mol. The lowest BCUT2D eigenvalue weighted by Gasteiger charge is -2.13. The first kappa shape index (κ1) is 18.8. The van der Waals surface area contributed by atoms with Gasteiger partial charge in [0.25, 0.3) is 0 Å². The van der Waals surface area contributed by atoms with Gasteiger partial charge < -0.3 is 19.4 Å². The standard InChI is InChI=1S/C17H25N3O3S/c1-13(16(21)18-9-6-11-22-2)24-17-19-14-7-4-5-8-15(14)20(17)10-12-23-3/h4-5,7-8,13H,6,9-12H2,1-3H3,(H,18,21). The van der Waals surface area contributed by atoms with Gasteiger partial charge in [-0.25, -0.2) is 4.98 Å². The second kappa shape index (κ2) is 9.66. The highest BCUT2D eigenvalue weighted by atomic mass is 32.2. The van der Waals surface area contributed by atoms with E-state index in [2.05, 4.69) is 14.9 Å². The van der Waals surface area contributed by atoms with Gasteiger partial charge in [0.2, 0.25) is 5.91 Å². The number of methoxy groups -OCH3 is 2. The lowest BCUT2D eigenvalue weighted by atomic mass is 10.3. The van der Waals surface area contributed by atoms with E-state index in [0.717, 1.165) is 22.6 Å². The Bertz CT molecular complexity index is 660. The number of ether oxygens (including phenoxy) is 2. The molecule has 1 aromatic carbocycles. The minimum Gasteiger partial charge on any atom is -0.385 e. The largest absolute Gasteiger partial charge is 0.385 e. The molecule has 2 aromatic rings. The molecule has 0 aliphatic carbocycles. The van der Waals surface area contributed by atoms with E-state index in [1.54, 1.807) is 14.2 Å². The van der Waals surface area contributed by atoms with Crippen LogP contribution < -0.4 is 5.32 Å². The Morgan fingerprint density at radius 1 is 1.29 bits per heavy atom. The summed E-state index contributed by atoms with van der Waals surface area (Å²) in [5, 5.41) is 3.56. The van der Waals surface area contributed by atoms with E-state index >= 15 is 0 Å². The van der Waals surface area contributed by atoms with Crippen LogP contribution in [0.5, 0.6) is 0 Å². The summed E-state index contributed by atoms with van der Waals surface area (Å²) in [6.07, 6.45) is 0.811. The van der Waals surface area contributed by atoms with Crippen molar-refractivity contribution in [2.24, 2.45) is 0 Å². The fourth-order valence-electron chi connectivity index (χ4n) is 2.33. The number of hydrogen-bond donors (Lipinski definition) is 1. The van der Waals surface area contributed by atoms with Crippen LogP contribution in [0.2, 0.25) is 0 Å². The molecule has 0 saturated heterocycles. The molecule has 1 atom stereocenters. The van der Waals surface area contributed by atoms with E-state index in [0.29, 0.717) is 26.3 Å². The van der Waals surface area contributed by atoms with Crippen LogP contribution in [0.15, 0.2) is 29.4 Å². The first-order chi connectivity index (χ1) is 11.7. The summed E-state index contributed by atoms with van der Waals surface area (Å²) in [6, 6.07) is 7.99. The summed E-state index contributed by atoms with van der Waals surface area (Å²) < 4.78 is 12.3. The average molecular weight is 351 g/mol. The number of nitrogens with zero attached hydrogens (tertiary/aromatic N) is 2. The van der Waals surface area contributed by atoms with Gasteiger partial charge >= 0.3 is 0 Å². The third-order valence-electron chi connectivity index (χ3n) is 3.61. The summed E-state index contributed by atoms with van der Waals surface area (Å²) in [5.41, 5.74) is 1.99. The van der Waals surface area contributed by atoms with Gasteiger partial charge in [-0.3, -0.25) is 4.79 Å². The molecule has 6 nitrogen and oxygen atoms in total. The number of imidazole rings is 1. The van der Waals surface area contributed by atoms with Crippen LogP contribution in [0.1, 0.15) is 13.3 Å². The highest BCUT2D eigenvalue weighted by molar-refractivity contribution is 8.00. The molecule has 0 spiro atoms. The predicted octanol–water partition coefficient (Wildman–Crippen LogP) is 2.32. The summed E-state index contributed by atoms with van der Waals surface area (Å²) >= 11 is 1.47. The molecule has 0 aliphatic heterocycles. The summed E-state index contributed by atoms with van der Waals surface area (Å²) in [7, 11) is 3.34. The van der Waals surface area contributed by atoms with Crippen molar-refractivity contribution in [1.29, 1.82) is 0 Å². The molecule has 0 saturated carbocycles. The second-order valence-electron chi connectivity index (χ2n) is 5.42. The van der Waals surface area contributed by atoms with E-state index in [1.807, 2.05) is 31.2 Å². The van der Waals surface area contributed by atoms with Crippen molar-refractivity contribution in [2.45, 2.75) is 30.3 Å². The van der Waals surface area contributed by atoms with Crippen molar-refractivity contribution in [1.82, 2.24) is 14.9 Å². The number of fused-ring (bicyclic) bond motifs is 1. The van der Waals surface area contributed by atoms with Crippen LogP contribution >= 0.6 is 11.8 Å². The van der Waals surface area contributed by atoms with Crippen molar-refractivity contribution in [3.05, 3.63) is 24.3 Å². The Kier molecular flexibility index (Phi) is 7.55. The molecule has 1 heterocycles. The van der Waals surface area contributed by atoms with Crippen LogP contribution in [0.4, 0.5) is 0 Å². The van der Waals surface area contributed by atoms with Gasteiger partial charge in [0, 0.05) is 33.9 Å². The van der Waals surface area contributed by atoms with Crippen LogP contribution in [-0.2, 0) is 20.8 Å². The van der Waals surface area contributed by atoms with Crippen LogP contribution in [0.3, 0.4) is 0 Å². The summed E-state index contributed by atoms with van der Waals surface area (Å²) in [4.78, 5) is 16.9. The Labute approximate surface area is 146 Å². The number of nitrogens with one attached hydrogen (secondary N) is 1. The molecule has 2 rings (SSSR count). The zero-order valence-corrected chi connectivity index (χ0v) is 15.3. The molecular formula is C17H25N3O3S. The number of carbonyl (C=O) groups is 1. The molecule has 24 heavy (non-hydrogen) atoms. The average Bonchev–Trinajstić information content (AvgIpc) is 2.93. The summed E-state index contributed by atoms with van der Waals surface area (Å²) in [6.45, 7) is 4.48. The van der Waals surface area contributed by atoms with E-state index < -0.39 is 0 Å². The van der Waals surface area contributed by atoms with Gasteiger partial charge in [-0.15, -0.1) is 0 Å². The molecular weight excluding hydrogens is 326 g/mol. The third kappa shape index (κ3) is 4.96. The number of thioether (sulfide) groups is 1. The van der Waals surface area contributed by atoms with Crippen molar-refractivity contribution < 1.29 is 14.3 Å².